The normalized spacial score (nSPS) is 12.2. The van der Waals surface area contributed by atoms with Gasteiger partial charge in [-0.15, -0.1) is 0 Å². The van der Waals surface area contributed by atoms with Crippen molar-refractivity contribution >= 4 is 0 Å². The SMILES string of the molecule is NC(c1ccc(OCF)c(F)c1)c1c(F)cccc1F. The highest BCUT2D eigenvalue weighted by Crippen LogP contribution is 2.28. The molecule has 0 saturated heterocycles. The first-order valence-corrected chi connectivity index (χ1v) is 5.72. The molecule has 1 atom stereocenters. The van der Waals surface area contributed by atoms with Crippen LogP contribution in [0.5, 0.6) is 5.75 Å². The van der Waals surface area contributed by atoms with Gasteiger partial charge < -0.3 is 10.5 Å². The van der Waals surface area contributed by atoms with E-state index in [9.17, 15) is 17.6 Å². The van der Waals surface area contributed by atoms with Gasteiger partial charge in [0.25, 0.3) is 0 Å². The molecule has 2 rings (SSSR count). The fourth-order valence-corrected chi connectivity index (χ4v) is 1.86. The molecule has 0 spiro atoms. The standard InChI is InChI=1S/C14H11F4NO/c15-7-20-12-5-4-8(6-11(12)18)14(19)13-9(16)2-1-3-10(13)17/h1-6,14H,7,19H2. The second-order valence-electron chi connectivity index (χ2n) is 4.06. The van der Waals surface area contributed by atoms with E-state index in [4.69, 9.17) is 5.73 Å². The Labute approximate surface area is 112 Å². The molecule has 0 aliphatic heterocycles. The molecule has 6 heteroatoms. The number of hydrogen-bond donors (Lipinski definition) is 1. The summed E-state index contributed by atoms with van der Waals surface area (Å²) in [6, 6.07) is 5.60. The van der Waals surface area contributed by atoms with Crippen molar-refractivity contribution < 1.29 is 22.3 Å². The number of rotatable bonds is 4. The van der Waals surface area contributed by atoms with E-state index in [1.54, 1.807) is 0 Å². The van der Waals surface area contributed by atoms with E-state index < -0.39 is 30.4 Å². The Hall–Kier alpha value is -2.08. The van der Waals surface area contributed by atoms with Gasteiger partial charge >= 0.3 is 0 Å². The highest BCUT2D eigenvalue weighted by Gasteiger charge is 2.19. The summed E-state index contributed by atoms with van der Waals surface area (Å²) >= 11 is 0. The Balaban J connectivity index is 2.39. The summed E-state index contributed by atoms with van der Waals surface area (Å²) in [7, 11) is 0. The Bertz CT molecular complexity index is 598. The molecule has 0 fully saturated rings. The van der Waals surface area contributed by atoms with Gasteiger partial charge in [-0.2, -0.15) is 0 Å². The van der Waals surface area contributed by atoms with Crippen LogP contribution in [0, 0.1) is 17.5 Å². The minimum absolute atomic E-state index is 0.151. The average molecular weight is 285 g/mol. The number of hydrogen-bond acceptors (Lipinski definition) is 2. The number of ether oxygens (including phenoxy) is 1. The van der Waals surface area contributed by atoms with Gasteiger partial charge in [0.1, 0.15) is 11.6 Å². The van der Waals surface area contributed by atoms with Crippen molar-refractivity contribution in [2.24, 2.45) is 5.73 Å². The van der Waals surface area contributed by atoms with Crippen molar-refractivity contribution in [3.8, 4) is 5.75 Å². The molecule has 2 nitrogen and oxygen atoms in total. The summed E-state index contributed by atoms with van der Waals surface area (Å²) in [4.78, 5) is 0. The van der Waals surface area contributed by atoms with Crippen LogP contribution in [0.15, 0.2) is 36.4 Å². The van der Waals surface area contributed by atoms with E-state index in [2.05, 4.69) is 4.74 Å². The first-order chi connectivity index (χ1) is 9.54. The van der Waals surface area contributed by atoms with Gasteiger partial charge in [-0.25, -0.2) is 17.6 Å². The summed E-state index contributed by atoms with van der Waals surface area (Å²) in [6.45, 7) is -1.18. The molecule has 0 saturated carbocycles. The molecule has 2 N–H and O–H groups in total. The zero-order valence-electron chi connectivity index (χ0n) is 10.2. The molecule has 2 aromatic rings. The van der Waals surface area contributed by atoms with Crippen molar-refractivity contribution in [1.29, 1.82) is 0 Å². The molecule has 0 aliphatic carbocycles. The summed E-state index contributed by atoms with van der Waals surface area (Å²) < 4.78 is 57.1. The lowest BCUT2D eigenvalue weighted by molar-refractivity contribution is 0.184. The van der Waals surface area contributed by atoms with E-state index >= 15 is 0 Å². The summed E-state index contributed by atoms with van der Waals surface area (Å²) in [5.41, 5.74) is 5.54. The van der Waals surface area contributed by atoms with Crippen molar-refractivity contribution in [2.75, 3.05) is 6.86 Å². The van der Waals surface area contributed by atoms with Crippen LogP contribution in [0.4, 0.5) is 17.6 Å². The van der Waals surface area contributed by atoms with E-state index in [0.29, 0.717) is 0 Å². The van der Waals surface area contributed by atoms with E-state index in [1.807, 2.05) is 0 Å². The molecule has 0 aliphatic rings. The second-order valence-corrected chi connectivity index (χ2v) is 4.06. The maximum absolute atomic E-state index is 13.6. The number of nitrogens with two attached hydrogens (primary N) is 1. The maximum atomic E-state index is 13.6. The highest BCUT2D eigenvalue weighted by molar-refractivity contribution is 5.37. The lowest BCUT2D eigenvalue weighted by Crippen LogP contribution is -2.16. The summed E-state index contributed by atoms with van der Waals surface area (Å²) in [5, 5.41) is 0. The van der Waals surface area contributed by atoms with Crippen LogP contribution in [-0.2, 0) is 0 Å². The molecular weight excluding hydrogens is 274 g/mol. The molecule has 106 valence electrons. The van der Waals surface area contributed by atoms with Gasteiger partial charge in [0, 0.05) is 5.56 Å². The monoisotopic (exact) mass is 285 g/mol. The average Bonchev–Trinajstić information content (AvgIpc) is 2.41. The number of halogens is 4. The third-order valence-corrected chi connectivity index (χ3v) is 2.84. The quantitative estimate of drug-likeness (QED) is 0.873. The predicted molar refractivity (Wildman–Crippen MR) is 65.4 cm³/mol. The lowest BCUT2D eigenvalue weighted by atomic mass is 9.98. The molecule has 0 aromatic heterocycles. The third-order valence-electron chi connectivity index (χ3n) is 2.84. The third kappa shape index (κ3) is 2.75. The zero-order chi connectivity index (χ0) is 14.7. The van der Waals surface area contributed by atoms with Gasteiger partial charge in [0.2, 0.25) is 6.86 Å². The molecule has 2 aromatic carbocycles. The lowest BCUT2D eigenvalue weighted by Gasteiger charge is -2.15. The van der Waals surface area contributed by atoms with E-state index in [-0.39, 0.29) is 16.9 Å². The zero-order valence-corrected chi connectivity index (χ0v) is 10.2. The van der Waals surface area contributed by atoms with Crippen LogP contribution in [0.3, 0.4) is 0 Å². The van der Waals surface area contributed by atoms with Crippen LogP contribution in [0.1, 0.15) is 17.2 Å². The number of benzene rings is 2. The molecule has 0 amide bonds. The first kappa shape index (κ1) is 14.3. The van der Waals surface area contributed by atoms with Crippen LogP contribution >= 0.6 is 0 Å². The van der Waals surface area contributed by atoms with Crippen LogP contribution < -0.4 is 10.5 Å². The summed E-state index contributed by atoms with van der Waals surface area (Å²) in [6.07, 6.45) is 0. The fourth-order valence-electron chi connectivity index (χ4n) is 1.86. The minimum Gasteiger partial charge on any atom is -0.460 e. The Morgan fingerprint density at radius 3 is 2.20 bits per heavy atom. The smallest absolute Gasteiger partial charge is 0.228 e. The van der Waals surface area contributed by atoms with Gasteiger partial charge in [-0.05, 0) is 29.8 Å². The predicted octanol–water partition coefficient (Wildman–Crippen LogP) is 3.46. The van der Waals surface area contributed by atoms with Gasteiger partial charge in [0.05, 0.1) is 6.04 Å². The van der Waals surface area contributed by atoms with Crippen LogP contribution in [0.25, 0.3) is 0 Å². The van der Waals surface area contributed by atoms with Crippen LogP contribution in [0.2, 0.25) is 0 Å². The van der Waals surface area contributed by atoms with Crippen molar-refractivity contribution in [3.63, 3.8) is 0 Å². The molecule has 0 heterocycles. The number of alkyl halides is 1. The second kappa shape index (κ2) is 5.92. The molecule has 1 unspecified atom stereocenters. The first-order valence-electron chi connectivity index (χ1n) is 5.72. The highest BCUT2D eigenvalue weighted by atomic mass is 19.1. The Kier molecular flexibility index (Phi) is 4.24. The van der Waals surface area contributed by atoms with Crippen LogP contribution in [-0.4, -0.2) is 6.86 Å². The molecule has 20 heavy (non-hydrogen) atoms. The Morgan fingerprint density at radius 2 is 1.65 bits per heavy atom. The van der Waals surface area contributed by atoms with E-state index in [1.165, 1.54) is 12.1 Å². The topological polar surface area (TPSA) is 35.2 Å². The fraction of sp³-hybridized carbons (Fsp3) is 0.143. The minimum atomic E-state index is -1.18. The van der Waals surface area contributed by atoms with Gasteiger partial charge in [-0.1, -0.05) is 12.1 Å². The molecular formula is C14H11F4NO. The Morgan fingerprint density at radius 1 is 1.00 bits per heavy atom. The van der Waals surface area contributed by atoms with Gasteiger partial charge in [-0.3, -0.25) is 0 Å². The molecule has 0 radical (unpaired) electrons. The molecule has 0 bridgehead atoms. The summed E-state index contributed by atoms with van der Waals surface area (Å²) in [5.74, 6) is -2.78. The van der Waals surface area contributed by atoms with Crippen molar-refractivity contribution in [1.82, 2.24) is 0 Å². The van der Waals surface area contributed by atoms with Gasteiger partial charge in [0.15, 0.2) is 11.6 Å². The van der Waals surface area contributed by atoms with E-state index in [0.717, 1.165) is 24.3 Å². The maximum Gasteiger partial charge on any atom is 0.228 e. The largest absolute Gasteiger partial charge is 0.460 e. The van der Waals surface area contributed by atoms with Crippen molar-refractivity contribution in [2.45, 2.75) is 6.04 Å². The van der Waals surface area contributed by atoms with Crippen molar-refractivity contribution in [3.05, 3.63) is 65.0 Å².